The highest BCUT2D eigenvalue weighted by Crippen LogP contribution is 2.39. The van der Waals surface area contributed by atoms with Crippen molar-refractivity contribution in [3.63, 3.8) is 0 Å². The summed E-state index contributed by atoms with van der Waals surface area (Å²) in [5.74, 6) is 0. The number of aromatic nitrogens is 1. The number of thiophene rings is 1. The van der Waals surface area contributed by atoms with Gasteiger partial charge in [-0.15, -0.1) is 11.3 Å². The number of nitrogens with zero attached hydrogens (tertiary/aromatic N) is 1. The number of rotatable bonds is 1. The fraction of sp³-hybridized carbons (Fsp3) is 0. The van der Waals surface area contributed by atoms with Gasteiger partial charge in [0.2, 0.25) is 0 Å². The van der Waals surface area contributed by atoms with Gasteiger partial charge in [0.05, 0.1) is 11.0 Å². The molecule has 0 aliphatic carbocycles. The van der Waals surface area contributed by atoms with Crippen molar-refractivity contribution in [3.05, 3.63) is 102 Å². The minimum absolute atomic E-state index is 1.21. The SMILES string of the molecule is c1ccc2cc(-n3c4cc5sccc5cc4c4c5ccccc5ccc43)ccc2c1. The van der Waals surface area contributed by atoms with Crippen LogP contribution in [0, 0.1) is 0 Å². The number of hydrogen-bond acceptors (Lipinski definition) is 1. The molecule has 1 nitrogen and oxygen atoms in total. The molecule has 0 saturated carbocycles. The second-order valence-electron chi connectivity index (χ2n) is 7.88. The lowest BCUT2D eigenvalue weighted by atomic mass is 10.0. The summed E-state index contributed by atoms with van der Waals surface area (Å²) in [7, 11) is 0. The molecule has 2 heteroatoms. The smallest absolute Gasteiger partial charge is 0.0555 e. The molecule has 0 aliphatic rings. The van der Waals surface area contributed by atoms with Crippen molar-refractivity contribution in [1.82, 2.24) is 4.57 Å². The predicted octanol–water partition coefficient (Wildman–Crippen LogP) is 8.30. The van der Waals surface area contributed by atoms with Crippen molar-refractivity contribution < 1.29 is 0 Å². The number of fused-ring (bicyclic) bond motifs is 7. The van der Waals surface area contributed by atoms with E-state index in [9.17, 15) is 0 Å². The highest BCUT2D eigenvalue weighted by molar-refractivity contribution is 7.17. The third-order valence-corrected chi connectivity index (χ3v) is 7.10. The summed E-state index contributed by atoms with van der Waals surface area (Å²) in [6.07, 6.45) is 0. The van der Waals surface area contributed by atoms with E-state index in [0.29, 0.717) is 0 Å². The van der Waals surface area contributed by atoms with Gasteiger partial charge in [0.1, 0.15) is 0 Å². The predicted molar refractivity (Wildman–Crippen MR) is 131 cm³/mol. The standard InChI is InChI=1S/C28H17NS/c1-2-7-20-15-22(11-9-18(20)5-1)29-25-12-10-19-6-3-4-8-23(19)28(25)24-16-21-13-14-30-27(21)17-26(24)29/h1-17H. The molecule has 0 fully saturated rings. The van der Waals surface area contributed by atoms with E-state index >= 15 is 0 Å². The molecule has 0 unspecified atom stereocenters. The minimum atomic E-state index is 1.21. The van der Waals surface area contributed by atoms with Crippen LogP contribution in [0.25, 0.3) is 59.1 Å². The maximum Gasteiger partial charge on any atom is 0.0555 e. The van der Waals surface area contributed by atoms with Crippen LogP contribution in [0.2, 0.25) is 0 Å². The fourth-order valence-corrected chi connectivity index (χ4v) is 5.64. The molecule has 0 bridgehead atoms. The van der Waals surface area contributed by atoms with Gasteiger partial charge in [0, 0.05) is 21.2 Å². The third kappa shape index (κ3) is 2.17. The monoisotopic (exact) mass is 399 g/mol. The summed E-state index contributed by atoms with van der Waals surface area (Å²) in [4.78, 5) is 0. The van der Waals surface area contributed by atoms with Gasteiger partial charge in [0.15, 0.2) is 0 Å². The quantitative estimate of drug-likeness (QED) is 0.262. The molecule has 0 aliphatic heterocycles. The zero-order chi connectivity index (χ0) is 19.7. The first-order valence-corrected chi connectivity index (χ1v) is 11.1. The molecule has 0 radical (unpaired) electrons. The van der Waals surface area contributed by atoms with E-state index in [0.717, 1.165) is 0 Å². The van der Waals surface area contributed by atoms with Crippen LogP contribution in [-0.4, -0.2) is 4.57 Å². The lowest BCUT2D eigenvalue weighted by Crippen LogP contribution is -1.93. The molecule has 140 valence electrons. The topological polar surface area (TPSA) is 4.93 Å². The van der Waals surface area contributed by atoms with E-state index in [4.69, 9.17) is 0 Å². The van der Waals surface area contributed by atoms with E-state index < -0.39 is 0 Å². The van der Waals surface area contributed by atoms with Crippen molar-refractivity contribution in [2.45, 2.75) is 0 Å². The summed E-state index contributed by atoms with van der Waals surface area (Å²) >= 11 is 1.81. The maximum atomic E-state index is 2.43. The molecule has 2 heterocycles. The Morgan fingerprint density at radius 1 is 0.533 bits per heavy atom. The Labute approximate surface area is 177 Å². The zero-order valence-corrected chi connectivity index (χ0v) is 17.0. The van der Waals surface area contributed by atoms with Crippen LogP contribution in [0.15, 0.2) is 102 Å². The van der Waals surface area contributed by atoms with E-state index in [1.54, 1.807) is 0 Å². The fourth-order valence-electron chi connectivity index (χ4n) is 4.84. The third-order valence-electron chi connectivity index (χ3n) is 6.22. The summed E-state index contributed by atoms with van der Waals surface area (Å²) in [6.45, 7) is 0. The van der Waals surface area contributed by atoms with Gasteiger partial charge in [0.25, 0.3) is 0 Å². The molecule has 5 aromatic carbocycles. The van der Waals surface area contributed by atoms with Gasteiger partial charge in [-0.25, -0.2) is 0 Å². The summed E-state index contributed by atoms with van der Waals surface area (Å²) in [5, 5.41) is 11.3. The Kier molecular flexibility index (Phi) is 3.21. The van der Waals surface area contributed by atoms with Crippen molar-refractivity contribution in [2.24, 2.45) is 0 Å². The van der Waals surface area contributed by atoms with E-state index in [-0.39, 0.29) is 0 Å². The lowest BCUT2D eigenvalue weighted by molar-refractivity contribution is 1.19. The Hall–Kier alpha value is -3.62. The van der Waals surface area contributed by atoms with Crippen LogP contribution in [0.1, 0.15) is 0 Å². The van der Waals surface area contributed by atoms with Crippen molar-refractivity contribution >= 4 is 64.8 Å². The normalized spacial score (nSPS) is 12.0. The van der Waals surface area contributed by atoms with Crippen LogP contribution < -0.4 is 0 Å². The second-order valence-corrected chi connectivity index (χ2v) is 8.82. The van der Waals surface area contributed by atoms with Crippen LogP contribution in [0.4, 0.5) is 0 Å². The van der Waals surface area contributed by atoms with Crippen molar-refractivity contribution in [1.29, 1.82) is 0 Å². The molecule has 7 rings (SSSR count). The summed E-state index contributed by atoms with van der Waals surface area (Å²) < 4.78 is 3.76. The largest absolute Gasteiger partial charge is 0.309 e. The first-order valence-electron chi connectivity index (χ1n) is 10.2. The average molecular weight is 400 g/mol. The minimum Gasteiger partial charge on any atom is -0.309 e. The molecule has 0 atom stereocenters. The van der Waals surface area contributed by atoms with Gasteiger partial charge in [-0.2, -0.15) is 0 Å². The second kappa shape index (κ2) is 5.94. The van der Waals surface area contributed by atoms with Gasteiger partial charge in [-0.3, -0.25) is 0 Å². The zero-order valence-electron chi connectivity index (χ0n) is 16.2. The highest BCUT2D eigenvalue weighted by Gasteiger charge is 2.16. The Balaban J connectivity index is 1.71. The Morgan fingerprint density at radius 3 is 2.27 bits per heavy atom. The number of hydrogen-bond donors (Lipinski definition) is 0. The summed E-state index contributed by atoms with van der Waals surface area (Å²) in [5.41, 5.74) is 3.74. The first-order chi connectivity index (χ1) is 14.9. The highest BCUT2D eigenvalue weighted by atomic mass is 32.1. The van der Waals surface area contributed by atoms with E-state index in [2.05, 4.69) is 107 Å². The van der Waals surface area contributed by atoms with Crippen molar-refractivity contribution in [3.8, 4) is 5.69 Å². The average Bonchev–Trinajstić information content (AvgIpc) is 3.38. The van der Waals surface area contributed by atoms with Crippen LogP contribution >= 0.6 is 11.3 Å². The molecule has 2 aromatic heterocycles. The summed E-state index contributed by atoms with van der Waals surface area (Å²) in [6, 6.07) is 35.6. The van der Waals surface area contributed by atoms with Crippen molar-refractivity contribution in [2.75, 3.05) is 0 Å². The Morgan fingerprint density at radius 2 is 1.33 bits per heavy atom. The molecule has 0 spiro atoms. The van der Waals surface area contributed by atoms with Gasteiger partial charge >= 0.3 is 0 Å². The van der Waals surface area contributed by atoms with Gasteiger partial charge < -0.3 is 4.57 Å². The molecular formula is C28H17NS. The van der Waals surface area contributed by atoms with E-state index in [1.165, 1.54) is 59.1 Å². The molecule has 30 heavy (non-hydrogen) atoms. The van der Waals surface area contributed by atoms with Crippen LogP contribution in [-0.2, 0) is 0 Å². The molecule has 0 amide bonds. The number of benzene rings is 5. The molecule has 0 N–H and O–H groups in total. The van der Waals surface area contributed by atoms with Gasteiger partial charge in [-0.05, 0) is 68.7 Å². The van der Waals surface area contributed by atoms with E-state index in [1.807, 2.05) is 11.3 Å². The van der Waals surface area contributed by atoms with Crippen LogP contribution in [0.5, 0.6) is 0 Å². The van der Waals surface area contributed by atoms with Gasteiger partial charge in [-0.1, -0.05) is 60.7 Å². The lowest BCUT2D eigenvalue weighted by Gasteiger charge is -2.10. The Bertz CT molecular complexity index is 1750. The first kappa shape index (κ1) is 16.2. The van der Waals surface area contributed by atoms with Crippen LogP contribution in [0.3, 0.4) is 0 Å². The molecular weight excluding hydrogens is 382 g/mol. The molecule has 7 aromatic rings. The molecule has 0 saturated heterocycles. The maximum absolute atomic E-state index is 2.43.